The molecule has 0 spiro atoms. The maximum Gasteiger partial charge on any atom is 0.430 e. The highest BCUT2D eigenvalue weighted by molar-refractivity contribution is 6.20. The number of aliphatic imine (C=N–C) groups is 1. The highest BCUT2D eigenvalue weighted by Gasteiger charge is 2.31. The van der Waals surface area contributed by atoms with Gasteiger partial charge in [0.05, 0.1) is 40.3 Å². The normalized spacial score (nSPS) is 11.9. The van der Waals surface area contributed by atoms with E-state index in [-0.39, 0.29) is 70.2 Å². The Morgan fingerprint density at radius 2 is 1.63 bits per heavy atom. The molecular formula is C31H32F3N5O13. The SMILES string of the molecule is COc1cc(C(=O)c2c(-c3ccco3)oc3c(OC(=O)C([NH3+])CCCN=C(N)N[N+](=O)[O-])c(OC)ccc23)cc(OC)c1OC.O=C([O-])C(F)(F)F. The fraction of sp³-hybridized carbons (Fsp3) is 0.290. The number of hydrazine groups is 1. The number of guanidine groups is 1. The molecule has 4 rings (SSSR count). The molecule has 52 heavy (non-hydrogen) atoms. The predicted molar refractivity (Wildman–Crippen MR) is 169 cm³/mol. The number of nitrogens with zero attached hydrogens (tertiary/aromatic N) is 2. The van der Waals surface area contributed by atoms with E-state index < -0.39 is 35.0 Å². The predicted octanol–water partition coefficient (Wildman–Crippen LogP) is 1.65. The Balaban J connectivity index is 0.000000944. The quantitative estimate of drug-likeness (QED) is 0.0243. The molecule has 2 aromatic heterocycles. The number of carboxylic acid groups (broad SMARTS) is 1. The molecule has 0 radical (unpaired) electrons. The number of esters is 1. The molecule has 0 aliphatic rings. The molecule has 2 heterocycles. The number of hydrogen-bond donors (Lipinski definition) is 3. The summed E-state index contributed by atoms with van der Waals surface area (Å²) in [7, 11) is 5.71. The van der Waals surface area contributed by atoms with Crippen LogP contribution in [0.3, 0.4) is 0 Å². The summed E-state index contributed by atoms with van der Waals surface area (Å²) >= 11 is 0. The number of alkyl halides is 3. The molecule has 4 aromatic rings. The van der Waals surface area contributed by atoms with E-state index >= 15 is 0 Å². The number of benzene rings is 2. The second-order valence-electron chi connectivity index (χ2n) is 10.2. The average molecular weight is 740 g/mol. The lowest BCUT2D eigenvalue weighted by Gasteiger charge is -2.14. The molecule has 0 saturated heterocycles. The van der Waals surface area contributed by atoms with E-state index in [9.17, 15) is 32.9 Å². The smallest absolute Gasteiger partial charge is 0.430 e. The van der Waals surface area contributed by atoms with Gasteiger partial charge in [0.1, 0.15) is 5.97 Å². The lowest BCUT2D eigenvalue weighted by Crippen LogP contribution is -2.65. The van der Waals surface area contributed by atoms with Crippen molar-refractivity contribution in [2.45, 2.75) is 25.1 Å². The molecule has 1 atom stereocenters. The molecule has 6 N–H and O–H groups in total. The summed E-state index contributed by atoms with van der Waals surface area (Å²) in [6.07, 6.45) is -3.20. The minimum Gasteiger partial charge on any atom is -0.542 e. The van der Waals surface area contributed by atoms with Gasteiger partial charge in [0.2, 0.25) is 11.5 Å². The zero-order valence-electron chi connectivity index (χ0n) is 27.9. The average Bonchev–Trinajstić information content (AvgIpc) is 3.77. The number of nitro groups is 1. The standard InChI is InChI=1S/C29H31N5O11.C2HF3O2/c1-39-18-10-9-16-22(23(35)15-13-20(40-2)25(42-4)21(14-15)41-3)26(19-8-6-12-43-19)44-24(16)27(18)45-28(36)17(30)7-5-11-32-29(31)33-34(37)38;3-2(4,5)1(6)7/h6,8-10,12-14,17H,5,7,11,30H2,1-4H3,(H3,31,32,33);(H,6,7). The van der Waals surface area contributed by atoms with E-state index in [1.165, 1.54) is 52.9 Å². The van der Waals surface area contributed by atoms with Crippen LogP contribution >= 0.6 is 0 Å². The molecule has 0 aliphatic heterocycles. The first-order valence-electron chi connectivity index (χ1n) is 14.6. The molecule has 0 bridgehead atoms. The number of ether oxygens (including phenoxy) is 5. The minimum absolute atomic E-state index is 0.0559. The van der Waals surface area contributed by atoms with E-state index in [4.69, 9.17) is 48.2 Å². The van der Waals surface area contributed by atoms with E-state index in [0.29, 0.717) is 17.6 Å². The zero-order chi connectivity index (χ0) is 38.7. The molecule has 0 fully saturated rings. The summed E-state index contributed by atoms with van der Waals surface area (Å²) in [4.78, 5) is 50.3. The molecular weight excluding hydrogens is 707 g/mol. The summed E-state index contributed by atoms with van der Waals surface area (Å²) in [6, 6.07) is 8.57. The highest BCUT2D eigenvalue weighted by Crippen LogP contribution is 2.45. The van der Waals surface area contributed by atoms with E-state index in [0.717, 1.165) is 0 Å². The summed E-state index contributed by atoms with van der Waals surface area (Å²) in [5.74, 6) is -3.26. The van der Waals surface area contributed by atoms with Crippen LogP contribution in [0.4, 0.5) is 13.2 Å². The van der Waals surface area contributed by atoms with Gasteiger partial charge in [-0.15, -0.1) is 0 Å². The van der Waals surface area contributed by atoms with Gasteiger partial charge < -0.3 is 53.9 Å². The van der Waals surface area contributed by atoms with Crippen LogP contribution in [0.5, 0.6) is 28.7 Å². The number of rotatable bonds is 14. The van der Waals surface area contributed by atoms with Crippen LogP contribution in [0.2, 0.25) is 0 Å². The van der Waals surface area contributed by atoms with Crippen LogP contribution in [-0.2, 0) is 9.59 Å². The molecule has 0 amide bonds. The van der Waals surface area contributed by atoms with Crippen molar-refractivity contribution >= 4 is 34.7 Å². The van der Waals surface area contributed by atoms with Crippen LogP contribution in [-0.4, -0.2) is 75.9 Å². The molecule has 2 aromatic carbocycles. The van der Waals surface area contributed by atoms with Crippen molar-refractivity contribution in [3.05, 3.63) is 63.9 Å². The number of furan rings is 2. The number of carbonyl (C=O) groups is 3. The first-order valence-corrected chi connectivity index (χ1v) is 14.6. The van der Waals surface area contributed by atoms with Crippen molar-refractivity contribution in [2.75, 3.05) is 35.0 Å². The number of carboxylic acids is 1. The van der Waals surface area contributed by atoms with Crippen LogP contribution in [0.25, 0.3) is 22.5 Å². The van der Waals surface area contributed by atoms with Crippen LogP contribution in [0.1, 0.15) is 28.8 Å². The van der Waals surface area contributed by atoms with Crippen LogP contribution in [0, 0.1) is 10.1 Å². The Morgan fingerprint density at radius 1 is 1.02 bits per heavy atom. The third-order valence-electron chi connectivity index (χ3n) is 6.86. The van der Waals surface area contributed by atoms with E-state index in [2.05, 4.69) is 10.7 Å². The van der Waals surface area contributed by atoms with Gasteiger partial charge in [0.25, 0.3) is 5.96 Å². The zero-order valence-corrected chi connectivity index (χ0v) is 27.9. The van der Waals surface area contributed by atoms with Gasteiger partial charge in [-0.3, -0.25) is 4.79 Å². The first-order chi connectivity index (χ1) is 24.6. The van der Waals surface area contributed by atoms with Gasteiger partial charge in [0, 0.05) is 23.9 Å². The largest absolute Gasteiger partial charge is 0.542 e. The van der Waals surface area contributed by atoms with Crippen molar-refractivity contribution in [2.24, 2.45) is 10.7 Å². The van der Waals surface area contributed by atoms with Gasteiger partial charge in [-0.1, -0.05) is 5.43 Å². The first kappa shape index (κ1) is 39.9. The Morgan fingerprint density at radius 3 is 2.13 bits per heavy atom. The maximum absolute atomic E-state index is 14.2. The highest BCUT2D eigenvalue weighted by atomic mass is 19.4. The number of hydrogen-bond acceptors (Lipinski definition) is 14. The van der Waals surface area contributed by atoms with E-state index in [1.807, 2.05) is 0 Å². The van der Waals surface area contributed by atoms with Gasteiger partial charge in [-0.05, 0) is 42.8 Å². The van der Waals surface area contributed by atoms with Crippen molar-refractivity contribution in [3.8, 4) is 40.3 Å². The number of quaternary nitrogens is 1. The number of ketones is 1. The van der Waals surface area contributed by atoms with Gasteiger partial charge in [0.15, 0.2) is 51.2 Å². The van der Waals surface area contributed by atoms with Crippen molar-refractivity contribution < 1.29 is 75.9 Å². The van der Waals surface area contributed by atoms with E-state index in [1.54, 1.807) is 23.6 Å². The topological polar surface area (TPSA) is 268 Å². The summed E-state index contributed by atoms with van der Waals surface area (Å²) < 4.78 is 70.8. The number of nitrogens with one attached hydrogen (secondary N) is 1. The summed E-state index contributed by atoms with van der Waals surface area (Å²) in [5.41, 5.74) is 11.4. The van der Waals surface area contributed by atoms with Crippen LogP contribution in [0.15, 0.2) is 56.5 Å². The van der Waals surface area contributed by atoms with Gasteiger partial charge >= 0.3 is 12.1 Å². The fourth-order valence-electron chi connectivity index (χ4n) is 4.51. The Kier molecular flexibility index (Phi) is 13.4. The van der Waals surface area contributed by atoms with Gasteiger partial charge in [-0.2, -0.15) is 13.2 Å². The number of nitrogens with two attached hydrogens (primary N) is 1. The molecule has 1 unspecified atom stereocenters. The maximum atomic E-state index is 14.2. The fourth-order valence-corrected chi connectivity index (χ4v) is 4.51. The van der Waals surface area contributed by atoms with Crippen molar-refractivity contribution in [3.63, 3.8) is 0 Å². The Bertz CT molecular complexity index is 1920. The molecule has 21 heteroatoms. The minimum atomic E-state index is -5.19. The number of aliphatic carboxylic acids is 1. The second kappa shape index (κ2) is 17.4. The van der Waals surface area contributed by atoms with Crippen molar-refractivity contribution in [1.29, 1.82) is 0 Å². The molecule has 280 valence electrons. The van der Waals surface area contributed by atoms with Crippen LogP contribution < -0.4 is 45.7 Å². The van der Waals surface area contributed by atoms with Gasteiger partial charge in [-0.25, -0.2) is 19.9 Å². The Labute approximate surface area is 291 Å². The number of methoxy groups -OCH3 is 4. The van der Waals surface area contributed by atoms with Crippen molar-refractivity contribution in [1.82, 2.24) is 5.43 Å². The summed E-state index contributed by atoms with van der Waals surface area (Å²) in [5, 5.41) is 18.7. The number of fused-ring (bicyclic) bond motifs is 1. The molecule has 0 aliphatic carbocycles. The lowest BCUT2D eigenvalue weighted by atomic mass is 9.98. The third-order valence-corrected chi connectivity index (χ3v) is 6.86. The molecule has 18 nitrogen and oxygen atoms in total. The third kappa shape index (κ3) is 9.59. The lowest BCUT2D eigenvalue weighted by molar-refractivity contribution is -0.525. The molecule has 0 saturated carbocycles. The number of halogens is 3. The monoisotopic (exact) mass is 739 g/mol. The Hall–Kier alpha value is -6.51. The second-order valence-corrected chi connectivity index (χ2v) is 10.2. The number of carbonyl (C=O) groups excluding carboxylic acids is 3. The summed E-state index contributed by atoms with van der Waals surface area (Å²) in [6.45, 7) is 0.113.